The van der Waals surface area contributed by atoms with Crippen LogP contribution in [0.2, 0.25) is 5.02 Å². The predicted molar refractivity (Wildman–Crippen MR) is 74.7 cm³/mol. The Bertz CT molecular complexity index is 601. The number of para-hydroxylation sites is 1. The molecule has 1 heterocycles. The molecule has 0 unspecified atom stereocenters. The van der Waals surface area contributed by atoms with Crippen molar-refractivity contribution in [2.24, 2.45) is 0 Å². The summed E-state index contributed by atoms with van der Waals surface area (Å²) in [5, 5.41) is 6.60. The molecule has 2 aromatic rings. The van der Waals surface area contributed by atoms with E-state index in [9.17, 15) is 4.79 Å². The molecule has 106 valence electrons. The van der Waals surface area contributed by atoms with Crippen LogP contribution >= 0.6 is 11.6 Å². The minimum atomic E-state index is -0.308. The molecule has 0 bridgehead atoms. The van der Waals surface area contributed by atoms with Gasteiger partial charge in [-0.2, -0.15) is 4.98 Å². The number of nitrogens with zero attached hydrogens (tertiary/aromatic N) is 3. The number of aromatic nitrogens is 3. The van der Waals surface area contributed by atoms with Crippen LogP contribution in [0, 0.1) is 0 Å². The maximum absolute atomic E-state index is 11.9. The Morgan fingerprint density at radius 2 is 2.25 bits per heavy atom. The molecule has 1 aromatic carbocycles. The average Bonchev–Trinajstić information content (AvgIpc) is 2.86. The summed E-state index contributed by atoms with van der Waals surface area (Å²) < 4.78 is 5.50. The van der Waals surface area contributed by atoms with Crippen LogP contribution in [0.15, 0.2) is 24.3 Å². The normalized spacial score (nSPS) is 10.3. The van der Waals surface area contributed by atoms with Crippen LogP contribution < -0.4 is 10.5 Å². The third-order valence-electron chi connectivity index (χ3n) is 2.57. The van der Waals surface area contributed by atoms with Crippen molar-refractivity contribution in [2.45, 2.75) is 0 Å². The van der Waals surface area contributed by atoms with Crippen molar-refractivity contribution in [1.29, 1.82) is 0 Å². The summed E-state index contributed by atoms with van der Waals surface area (Å²) in [6.45, 7) is 0.695. The van der Waals surface area contributed by atoms with E-state index in [2.05, 4.69) is 15.2 Å². The zero-order chi connectivity index (χ0) is 14.5. The van der Waals surface area contributed by atoms with Crippen molar-refractivity contribution in [3.05, 3.63) is 35.1 Å². The van der Waals surface area contributed by atoms with Gasteiger partial charge in [-0.3, -0.25) is 9.89 Å². The van der Waals surface area contributed by atoms with Gasteiger partial charge in [0, 0.05) is 7.05 Å². The average molecular weight is 296 g/mol. The van der Waals surface area contributed by atoms with Crippen molar-refractivity contribution in [3.63, 3.8) is 0 Å². The van der Waals surface area contributed by atoms with Crippen molar-refractivity contribution >= 4 is 23.5 Å². The lowest BCUT2D eigenvalue weighted by Gasteiger charge is -2.16. The Hall–Kier alpha value is -2.28. The number of benzene rings is 1. The number of nitrogen functional groups attached to an aromatic ring is 1. The fourth-order valence-corrected chi connectivity index (χ4v) is 1.70. The maximum atomic E-state index is 11.9. The van der Waals surface area contributed by atoms with Gasteiger partial charge in [-0.05, 0) is 12.1 Å². The molecule has 0 fully saturated rings. The third-order valence-corrected chi connectivity index (χ3v) is 2.89. The number of nitrogens with two attached hydrogens (primary N) is 1. The standard InChI is InChI=1S/C12H14ClN5O2/c1-18(11(19)10-15-12(14)17-16-10)6-7-20-9-5-3-2-4-8(9)13/h2-5H,6-7H2,1H3,(H3,14,15,16,17). The number of hydrogen-bond acceptors (Lipinski definition) is 5. The second-order valence-electron chi connectivity index (χ2n) is 4.05. The molecule has 0 aliphatic rings. The Morgan fingerprint density at radius 3 is 2.90 bits per heavy atom. The van der Waals surface area contributed by atoms with Crippen molar-refractivity contribution in [1.82, 2.24) is 20.1 Å². The molecular formula is C12H14ClN5O2. The molecule has 2 rings (SSSR count). The molecule has 8 heteroatoms. The molecule has 0 radical (unpaired) electrons. The summed E-state index contributed by atoms with van der Waals surface area (Å²) >= 11 is 5.96. The summed E-state index contributed by atoms with van der Waals surface area (Å²) in [6, 6.07) is 7.15. The highest BCUT2D eigenvalue weighted by Gasteiger charge is 2.15. The van der Waals surface area contributed by atoms with Crippen LogP contribution in [0.25, 0.3) is 0 Å². The van der Waals surface area contributed by atoms with E-state index in [1.54, 1.807) is 19.2 Å². The first-order valence-corrected chi connectivity index (χ1v) is 6.26. The fraction of sp³-hybridized carbons (Fsp3) is 0.250. The number of rotatable bonds is 5. The Labute approximate surface area is 120 Å². The number of nitrogens with one attached hydrogen (secondary N) is 1. The minimum Gasteiger partial charge on any atom is -0.490 e. The van der Waals surface area contributed by atoms with Gasteiger partial charge in [0.2, 0.25) is 11.8 Å². The number of anilines is 1. The van der Waals surface area contributed by atoms with Gasteiger partial charge < -0.3 is 15.4 Å². The molecule has 0 aliphatic carbocycles. The molecule has 20 heavy (non-hydrogen) atoms. The molecule has 0 aliphatic heterocycles. The van der Waals surface area contributed by atoms with Gasteiger partial charge in [0.15, 0.2) is 0 Å². The molecule has 0 atom stereocenters. The zero-order valence-electron chi connectivity index (χ0n) is 10.8. The van der Waals surface area contributed by atoms with Crippen LogP contribution in [-0.2, 0) is 0 Å². The molecule has 1 aromatic heterocycles. The van der Waals surface area contributed by atoms with E-state index in [-0.39, 0.29) is 17.7 Å². The second kappa shape index (κ2) is 6.25. The highest BCUT2D eigenvalue weighted by atomic mass is 35.5. The number of aromatic amines is 1. The number of likely N-dealkylation sites (N-methyl/N-ethyl adjacent to an activating group) is 1. The summed E-state index contributed by atoms with van der Waals surface area (Å²) in [5.74, 6) is 0.410. The van der Waals surface area contributed by atoms with Gasteiger partial charge in [-0.15, -0.1) is 5.10 Å². The fourth-order valence-electron chi connectivity index (χ4n) is 1.51. The first-order valence-electron chi connectivity index (χ1n) is 5.88. The smallest absolute Gasteiger partial charge is 0.291 e. The van der Waals surface area contributed by atoms with E-state index in [1.165, 1.54) is 4.90 Å². The summed E-state index contributed by atoms with van der Waals surface area (Å²) in [5.41, 5.74) is 5.35. The number of ether oxygens (including phenoxy) is 1. The summed E-state index contributed by atoms with van der Waals surface area (Å²) in [4.78, 5) is 17.1. The van der Waals surface area contributed by atoms with Crippen molar-refractivity contribution in [3.8, 4) is 5.75 Å². The number of carbonyl (C=O) groups excluding carboxylic acids is 1. The van der Waals surface area contributed by atoms with Crippen LogP contribution in [0.3, 0.4) is 0 Å². The number of amides is 1. The summed E-state index contributed by atoms with van der Waals surface area (Å²) in [6.07, 6.45) is 0. The number of H-pyrrole nitrogens is 1. The van der Waals surface area contributed by atoms with E-state index in [0.717, 1.165) is 0 Å². The van der Waals surface area contributed by atoms with Crippen LogP contribution in [0.5, 0.6) is 5.75 Å². The largest absolute Gasteiger partial charge is 0.490 e. The van der Waals surface area contributed by atoms with Crippen LogP contribution in [-0.4, -0.2) is 46.2 Å². The third kappa shape index (κ3) is 3.39. The van der Waals surface area contributed by atoms with Crippen molar-refractivity contribution < 1.29 is 9.53 Å². The zero-order valence-corrected chi connectivity index (χ0v) is 11.6. The number of hydrogen-bond donors (Lipinski definition) is 2. The number of carbonyl (C=O) groups is 1. The predicted octanol–water partition coefficient (Wildman–Crippen LogP) is 1.19. The van der Waals surface area contributed by atoms with Gasteiger partial charge in [0.05, 0.1) is 11.6 Å². The maximum Gasteiger partial charge on any atom is 0.291 e. The monoisotopic (exact) mass is 295 g/mol. The Kier molecular flexibility index (Phi) is 4.41. The molecule has 7 nitrogen and oxygen atoms in total. The lowest BCUT2D eigenvalue weighted by atomic mass is 10.3. The SMILES string of the molecule is CN(CCOc1ccccc1Cl)C(=O)c1nc(N)n[nH]1. The van der Waals surface area contributed by atoms with Gasteiger partial charge in [-0.25, -0.2) is 0 Å². The first kappa shape index (κ1) is 14.1. The van der Waals surface area contributed by atoms with E-state index < -0.39 is 0 Å². The summed E-state index contributed by atoms with van der Waals surface area (Å²) in [7, 11) is 1.64. The van der Waals surface area contributed by atoms with Gasteiger partial charge >= 0.3 is 0 Å². The van der Waals surface area contributed by atoms with E-state index in [0.29, 0.717) is 23.9 Å². The Balaban J connectivity index is 1.85. The molecule has 0 spiro atoms. The lowest BCUT2D eigenvalue weighted by molar-refractivity contribution is 0.0762. The molecule has 1 amide bonds. The first-order chi connectivity index (χ1) is 9.58. The van der Waals surface area contributed by atoms with Crippen LogP contribution in [0.1, 0.15) is 10.6 Å². The molecule has 0 saturated heterocycles. The van der Waals surface area contributed by atoms with E-state index >= 15 is 0 Å². The topological polar surface area (TPSA) is 97.1 Å². The van der Waals surface area contributed by atoms with Gasteiger partial charge in [0.25, 0.3) is 5.91 Å². The highest BCUT2D eigenvalue weighted by Crippen LogP contribution is 2.22. The highest BCUT2D eigenvalue weighted by molar-refractivity contribution is 6.32. The molecule has 0 saturated carbocycles. The van der Waals surface area contributed by atoms with Crippen LogP contribution in [0.4, 0.5) is 5.95 Å². The van der Waals surface area contributed by atoms with Gasteiger partial charge in [-0.1, -0.05) is 23.7 Å². The van der Waals surface area contributed by atoms with E-state index in [4.69, 9.17) is 22.1 Å². The molecular weight excluding hydrogens is 282 g/mol. The van der Waals surface area contributed by atoms with Crippen molar-refractivity contribution in [2.75, 3.05) is 25.9 Å². The van der Waals surface area contributed by atoms with E-state index in [1.807, 2.05) is 12.1 Å². The lowest BCUT2D eigenvalue weighted by Crippen LogP contribution is -2.31. The Morgan fingerprint density at radius 1 is 1.50 bits per heavy atom. The van der Waals surface area contributed by atoms with Gasteiger partial charge in [0.1, 0.15) is 12.4 Å². The molecule has 3 N–H and O–H groups in total. The number of halogens is 1. The quantitative estimate of drug-likeness (QED) is 0.863. The second-order valence-corrected chi connectivity index (χ2v) is 4.46. The minimum absolute atomic E-state index is 0.0362.